The summed E-state index contributed by atoms with van der Waals surface area (Å²) in [6.07, 6.45) is 5.38. The van der Waals surface area contributed by atoms with Crippen LogP contribution in [0, 0.1) is 0 Å². The van der Waals surface area contributed by atoms with Crippen LogP contribution >= 0.6 is 0 Å². The smallest absolute Gasteiger partial charge is 0.259 e. The van der Waals surface area contributed by atoms with Crippen LogP contribution in [0.2, 0.25) is 0 Å². The lowest BCUT2D eigenvalue weighted by molar-refractivity contribution is 0.388. The molecular weight excluding hydrogens is 303 g/mol. The molecule has 3 aromatic rings. The minimum atomic E-state index is -0.0839. The molecule has 0 aliphatic heterocycles. The Morgan fingerprint density at radius 3 is 2.42 bits per heavy atom. The Hall–Kier alpha value is -2.76. The zero-order valence-electron chi connectivity index (χ0n) is 13.9. The van der Waals surface area contributed by atoms with Gasteiger partial charge in [0.25, 0.3) is 5.56 Å². The maximum Gasteiger partial charge on any atom is 0.259 e. The first-order chi connectivity index (χ1) is 11.6. The van der Waals surface area contributed by atoms with Crippen molar-refractivity contribution in [3.63, 3.8) is 0 Å². The van der Waals surface area contributed by atoms with Crippen molar-refractivity contribution in [1.82, 2.24) is 9.55 Å². The number of fused-ring (bicyclic) bond motifs is 1. The van der Waals surface area contributed by atoms with E-state index in [1.54, 1.807) is 44.4 Å². The maximum atomic E-state index is 12.3. The molecule has 2 heterocycles. The molecule has 0 fully saturated rings. The molecule has 2 radical (unpaired) electrons. The summed E-state index contributed by atoms with van der Waals surface area (Å²) in [6, 6.07) is 5.65. The topological polar surface area (TPSA) is 53.4 Å². The number of hydrogen-bond donors (Lipinski definition) is 0. The minimum Gasteiger partial charge on any atom is -0.496 e. The lowest BCUT2D eigenvalue weighted by atomic mass is 9.92. The Labute approximate surface area is 141 Å². The Morgan fingerprint density at radius 1 is 1.17 bits per heavy atom. The predicted octanol–water partition coefficient (Wildman–Crippen LogP) is 2.29. The molecule has 0 atom stereocenters. The first-order valence-corrected chi connectivity index (χ1v) is 7.49. The summed E-state index contributed by atoms with van der Waals surface area (Å²) in [5.41, 5.74) is 2.50. The van der Waals surface area contributed by atoms with Crippen molar-refractivity contribution in [2.45, 2.75) is 6.32 Å². The van der Waals surface area contributed by atoms with Gasteiger partial charge >= 0.3 is 0 Å². The number of methoxy groups -OCH3 is 2. The van der Waals surface area contributed by atoms with E-state index >= 15 is 0 Å². The standard InChI is InChI=1S/C18H17BN2O3/c1-21-10-15(12-4-5-20-9-14(12)18(21)22)11-6-16(23-2)13(8-19)17(7-11)24-3/h4-7,9-10H,8H2,1-3H3. The Bertz CT molecular complexity index is 941. The Morgan fingerprint density at radius 2 is 1.83 bits per heavy atom. The molecule has 0 N–H and O–H groups in total. The fourth-order valence-corrected chi connectivity index (χ4v) is 2.88. The van der Waals surface area contributed by atoms with Crippen molar-refractivity contribution in [1.29, 1.82) is 0 Å². The SMILES string of the molecule is [B]Cc1c(OC)cc(-c2cn(C)c(=O)c3cnccc23)cc1OC. The second-order valence-electron chi connectivity index (χ2n) is 5.44. The van der Waals surface area contributed by atoms with Crippen LogP contribution in [-0.2, 0) is 13.4 Å². The van der Waals surface area contributed by atoms with Gasteiger partial charge in [0.2, 0.25) is 0 Å². The third-order valence-electron chi connectivity index (χ3n) is 4.11. The molecule has 0 amide bonds. The minimum absolute atomic E-state index is 0.0839. The molecule has 1 aromatic carbocycles. The van der Waals surface area contributed by atoms with E-state index in [1.165, 1.54) is 0 Å². The van der Waals surface area contributed by atoms with E-state index < -0.39 is 0 Å². The third kappa shape index (κ3) is 2.54. The molecule has 0 spiro atoms. The van der Waals surface area contributed by atoms with Gasteiger partial charge in [0.05, 0.1) is 27.5 Å². The molecule has 0 saturated heterocycles. The van der Waals surface area contributed by atoms with Crippen LogP contribution in [0.25, 0.3) is 21.9 Å². The molecule has 0 aliphatic carbocycles. The average Bonchev–Trinajstić information content (AvgIpc) is 2.63. The van der Waals surface area contributed by atoms with Crippen LogP contribution in [0.15, 0.2) is 41.6 Å². The number of aromatic nitrogens is 2. The predicted molar refractivity (Wildman–Crippen MR) is 95.0 cm³/mol. The van der Waals surface area contributed by atoms with Crippen molar-refractivity contribution in [2.24, 2.45) is 7.05 Å². The van der Waals surface area contributed by atoms with E-state index in [0.717, 1.165) is 22.1 Å². The van der Waals surface area contributed by atoms with Gasteiger partial charge in [-0.15, -0.1) is 0 Å². The summed E-state index contributed by atoms with van der Waals surface area (Å²) in [4.78, 5) is 16.4. The first kappa shape index (κ1) is 16.1. The van der Waals surface area contributed by atoms with Gasteiger partial charge in [0.15, 0.2) is 0 Å². The molecular formula is C18H17BN2O3. The van der Waals surface area contributed by atoms with Crippen molar-refractivity contribution in [2.75, 3.05) is 14.2 Å². The van der Waals surface area contributed by atoms with E-state index in [-0.39, 0.29) is 5.56 Å². The van der Waals surface area contributed by atoms with Gasteiger partial charge in [0.1, 0.15) is 11.5 Å². The monoisotopic (exact) mass is 320 g/mol. The molecule has 5 nitrogen and oxygen atoms in total. The van der Waals surface area contributed by atoms with E-state index in [0.29, 0.717) is 23.2 Å². The number of ether oxygens (including phenoxy) is 2. The van der Waals surface area contributed by atoms with Crippen molar-refractivity contribution < 1.29 is 9.47 Å². The van der Waals surface area contributed by atoms with E-state index in [1.807, 2.05) is 18.2 Å². The molecule has 0 saturated carbocycles. The van der Waals surface area contributed by atoms with Gasteiger partial charge in [-0.3, -0.25) is 9.78 Å². The number of pyridine rings is 2. The largest absolute Gasteiger partial charge is 0.496 e. The summed E-state index contributed by atoms with van der Waals surface area (Å²) < 4.78 is 12.5. The lowest BCUT2D eigenvalue weighted by Crippen LogP contribution is -2.16. The molecule has 0 unspecified atom stereocenters. The number of aryl methyl sites for hydroxylation is 1. The van der Waals surface area contributed by atoms with Crippen LogP contribution < -0.4 is 15.0 Å². The van der Waals surface area contributed by atoms with Crippen LogP contribution in [0.1, 0.15) is 5.56 Å². The molecule has 2 aromatic heterocycles. The van der Waals surface area contributed by atoms with Gasteiger partial charge in [-0.25, -0.2) is 0 Å². The number of rotatable bonds is 4. The van der Waals surface area contributed by atoms with Crippen LogP contribution in [0.4, 0.5) is 0 Å². The highest BCUT2D eigenvalue weighted by Gasteiger charge is 2.15. The second-order valence-corrected chi connectivity index (χ2v) is 5.44. The van der Waals surface area contributed by atoms with Gasteiger partial charge in [-0.05, 0) is 29.1 Å². The summed E-state index contributed by atoms with van der Waals surface area (Å²) in [7, 11) is 10.7. The summed E-state index contributed by atoms with van der Waals surface area (Å²) >= 11 is 0. The van der Waals surface area contributed by atoms with E-state index in [4.69, 9.17) is 17.3 Å². The molecule has 24 heavy (non-hydrogen) atoms. The van der Waals surface area contributed by atoms with E-state index in [2.05, 4.69) is 4.98 Å². The highest BCUT2D eigenvalue weighted by Crippen LogP contribution is 2.36. The third-order valence-corrected chi connectivity index (χ3v) is 4.11. The van der Waals surface area contributed by atoms with Gasteiger partial charge in [0, 0.05) is 36.8 Å². The van der Waals surface area contributed by atoms with Gasteiger partial charge < -0.3 is 14.0 Å². The molecule has 3 rings (SSSR count). The zero-order valence-corrected chi connectivity index (χ0v) is 13.9. The normalized spacial score (nSPS) is 10.8. The van der Waals surface area contributed by atoms with Crippen LogP contribution in [0.5, 0.6) is 11.5 Å². The van der Waals surface area contributed by atoms with Gasteiger partial charge in [-0.1, -0.05) is 6.32 Å². The van der Waals surface area contributed by atoms with Crippen LogP contribution in [0.3, 0.4) is 0 Å². The molecule has 0 bridgehead atoms. The summed E-state index contributed by atoms with van der Waals surface area (Å²) in [5, 5.41) is 1.40. The molecule has 0 aliphatic rings. The summed E-state index contributed by atoms with van der Waals surface area (Å²) in [5.74, 6) is 1.31. The number of nitrogens with zero attached hydrogens (tertiary/aromatic N) is 2. The highest BCUT2D eigenvalue weighted by molar-refractivity contribution is 6.09. The van der Waals surface area contributed by atoms with Crippen molar-refractivity contribution in [3.05, 3.63) is 52.7 Å². The van der Waals surface area contributed by atoms with E-state index in [9.17, 15) is 4.79 Å². The first-order valence-electron chi connectivity index (χ1n) is 7.49. The van der Waals surface area contributed by atoms with Crippen molar-refractivity contribution in [3.8, 4) is 22.6 Å². The lowest BCUT2D eigenvalue weighted by Gasteiger charge is -2.16. The number of hydrogen-bond acceptors (Lipinski definition) is 4. The molecule has 6 heteroatoms. The Balaban J connectivity index is 2.36. The van der Waals surface area contributed by atoms with Crippen LogP contribution in [-0.4, -0.2) is 31.6 Å². The van der Waals surface area contributed by atoms with Crippen molar-refractivity contribution >= 4 is 18.6 Å². The highest BCUT2D eigenvalue weighted by atomic mass is 16.5. The average molecular weight is 320 g/mol. The Kier molecular flexibility index (Phi) is 4.29. The summed E-state index contributed by atoms with van der Waals surface area (Å²) in [6.45, 7) is 0. The zero-order chi connectivity index (χ0) is 17.3. The number of benzene rings is 1. The maximum absolute atomic E-state index is 12.3. The molecule has 120 valence electrons. The quantitative estimate of drug-likeness (QED) is 0.692. The van der Waals surface area contributed by atoms with Gasteiger partial charge in [-0.2, -0.15) is 0 Å². The second kappa shape index (κ2) is 6.39. The fraction of sp³-hybridized carbons (Fsp3) is 0.222. The fourth-order valence-electron chi connectivity index (χ4n) is 2.88.